The highest BCUT2D eigenvalue weighted by atomic mass is 19.4. The fraction of sp³-hybridized carbons (Fsp3) is 1.00. The second kappa shape index (κ2) is 3.10. The van der Waals surface area contributed by atoms with Crippen molar-refractivity contribution in [1.29, 1.82) is 0 Å². The maximum atomic E-state index is 12.7. The summed E-state index contributed by atoms with van der Waals surface area (Å²) >= 11 is 0. The quantitative estimate of drug-likeness (QED) is 0.751. The minimum Gasteiger partial charge on any atom is -0.380 e. The number of aliphatic hydroxyl groups is 1. The van der Waals surface area contributed by atoms with Crippen molar-refractivity contribution < 1.29 is 18.3 Å². The summed E-state index contributed by atoms with van der Waals surface area (Å²) < 4.78 is 38.1. The summed E-state index contributed by atoms with van der Waals surface area (Å²) in [6.45, 7) is 0. The molecule has 0 heterocycles. The van der Waals surface area contributed by atoms with Crippen molar-refractivity contribution in [3.63, 3.8) is 0 Å². The standard InChI is InChI=1S/C10H16F3NO/c11-10(12,13)9(15)3-1-2-7(9)6-8(14)4-5-8/h7,15H,1-6,14H2. The number of hydrogen-bond acceptors (Lipinski definition) is 2. The predicted molar refractivity (Wildman–Crippen MR) is 49.1 cm³/mol. The van der Waals surface area contributed by atoms with E-state index in [2.05, 4.69) is 0 Å². The van der Waals surface area contributed by atoms with Gasteiger partial charge >= 0.3 is 6.18 Å². The molecule has 0 amide bonds. The maximum absolute atomic E-state index is 12.7. The van der Waals surface area contributed by atoms with Crippen molar-refractivity contribution in [3.05, 3.63) is 0 Å². The molecule has 5 heteroatoms. The molecule has 2 atom stereocenters. The molecule has 2 nitrogen and oxygen atoms in total. The molecule has 0 spiro atoms. The molecule has 0 radical (unpaired) electrons. The van der Waals surface area contributed by atoms with Gasteiger partial charge in [0.05, 0.1) is 0 Å². The highest BCUT2D eigenvalue weighted by molar-refractivity contribution is 5.06. The highest BCUT2D eigenvalue weighted by Crippen LogP contribution is 2.52. The Bertz CT molecular complexity index is 262. The molecule has 88 valence electrons. The Kier molecular flexibility index (Phi) is 2.32. The molecule has 0 aromatic carbocycles. The monoisotopic (exact) mass is 223 g/mol. The van der Waals surface area contributed by atoms with E-state index in [0.717, 1.165) is 12.8 Å². The van der Waals surface area contributed by atoms with E-state index in [1.807, 2.05) is 0 Å². The van der Waals surface area contributed by atoms with E-state index in [1.54, 1.807) is 0 Å². The van der Waals surface area contributed by atoms with Crippen molar-refractivity contribution in [2.75, 3.05) is 0 Å². The molecule has 2 saturated carbocycles. The summed E-state index contributed by atoms with van der Waals surface area (Å²) in [4.78, 5) is 0. The second-order valence-corrected chi connectivity index (χ2v) is 5.08. The van der Waals surface area contributed by atoms with E-state index in [0.29, 0.717) is 19.3 Å². The van der Waals surface area contributed by atoms with Gasteiger partial charge in [-0.1, -0.05) is 0 Å². The van der Waals surface area contributed by atoms with Crippen LogP contribution in [0.25, 0.3) is 0 Å². The molecule has 3 N–H and O–H groups in total. The third kappa shape index (κ3) is 1.87. The van der Waals surface area contributed by atoms with Gasteiger partial charge in [-0.05, 0) is 44.4 Å². The van der Waals surface area contributed by atoms with E-state index in [-0.39, 0.29) is 6.42 Å². The van der Waals surface area contributed by atoms with Gasteiger partial charge in [-0.25, -0.2) is 0 Å². The fourth-order valence-electron chi connectivity index (χ4n) is 2.56. The molecule has 15 heavy (non-hydrogen) atoms. The normalized spacial score (nSPS) is 39.4. The lowest BCUT2D eigenvalue weighted by Crippen LogP contribution is -2.49. The smallest absolute Gasteiger partial charge is 0.380 e. The van der Waals surface area contributed by atoms with Crippen LogP contribution in [-0.4, -0.2) is 22.4 Å². The Balaban J connectivity index is 2.10. The zero-order valence-corrected chi connectivity index (χ0v) is 8.48. The molecule has 2 unspecified atom stereocenters. The zero-order valence-electron chi connectivity index (χ0n) is 8.48. The average Bonchev–Trinajstić information content (AvgIpc) is 2.68. The van der Waals surface area contributed by atoms with Crippen LogP contribution in [-0.2, 0) is 0 Å². The molecule has 0 saturated heterocycles. The van der Waals surface area contributed by atoms with Crippen molar-refractivity contribution >= 4 is 0 Å². The second-order valence-electron chi connectivity index (χ2n) is 5.08. The van der Waals surface area contributed by atoms with E-state index in [9.17, 15) is 18.3 Å². The van der Waals surface area contributed by atoms with Crippen LogP contribution in [0.4, 0.5) is 13.2 Å². The van der Waals surface area contributed by atoms with Gasteiger partial charge in [-0.2, -0.15) is 13.2 Å². The number of alkyl halides is 3. The average molecular weight is 223 g/mol. The fourth-order valence-corrected chi connectivity index (χ4v) is 2.56. The van der Waals surface area contributed by atoms with Gasteiger partial charge in [0.2, 0.25) is 0 Å². The Morgan fingerprint density at radius 2 is 1.87 bits per heavy atom. The third-order valence-electron chi connectivity index (χ3n) is 3.82. The predicted octanol–water partition coefficient (Wildman–Crippen LogP) is 1.96. The lowest BCUT2D eigenvalue weighted by Gasteiger charge is -2.33. The number of halogens is 3. The lowest BCUT2D eigenvalue weighted by molar-refractivity contribution is -0.273. The molecular formula is C10H16F3NO. The zero-order chi connectivity index (χ0) is 11.3. The summed E-state index contributed by atoms with van der Waals surface area (Å²) in [6, 6.07) is 0. The first-order valence-electron chi connectivity index (χ1n) is 5.35. The molecule has 2 aliphatic carbocycles. The Morgan fingerprint density at radius 3 is 2.33 bits per heavy atom. The molecule has 2 aliphatic rings. The van der Waals surface area contributed by atoms with Crippen LogP contribution >= 0.6 is 0 Å². The lowest BCUT2D eigenvalue weighted by atomic mass is 9.84. The van der Waals surface area contributed by atoms with E-state index in [1.165, 1.54) is 0 Å². The number of rotatable bonds is 2. The summed E-state index contributed by atoms with van der Waals surface area (Å²) in [5.74, 6) is -0.704. The maximum Gasteiger partial charge on any atom is 0.417 e. The van der Waals surface area contributed by atoms with Crippen LogP contribution in [0.3, 0.4) is 0 Å². The first kappa shape index (κ1) is 11.2. The van der Waals surface area contributed by atoms with Gasteiger partial charge in [-0.15, -0.1) is 0 Å². The van der Waals surface area contributed by atoms with E-state index in [4.69, 9.17) is 5.73 Å². The van der Waals surface area contributed by atoms with Gasteiger partial charge in [0.1, 0.15) is 0 Å². The van der Waals surface area contributed by atoms with Gasteiger partial charge in [-0.3, -0.25) is 0 Å². The van der Waals surface area contributed by atoms with Crippen LogP contribution in [0.15, 0.2) is 0 Å². The Morgan fingerprint density at radius 1 is 1.27 bits per heavy atom. The van der Waals surface area contributed by atoms with E-state index < -0.39 is 23.2 Å². The van der Waals surface area contributed by atoms with Crippen LogP contribution < -0.4 is 5.73 Å². The van der Waals surface area contributed by atoms with Gasteiger partial charge in [0.25, 0.3) is 0 Å². The summed E-state index contributed by atoms with van der Waals surface area (Å²) in [5, 5.41) is 9.70. The molecule has 0 aliphatic heterocycles. The Labute approximate surface area is 86.6 Å². The minimum atomic E-state index is -4.51. The highest BCUT2D eigenvalue weighted by Gasteiger charge is 2.61. The van der Waals surface area contributed by atoms with Crippen LogP contribution in [0.2, 0.25) is 0 Å². The SMILES string of the molecule is NC1(CC2CCCC2(O)C(F)(F)F)CC1. The molecule has 0 aromatic heterocycles. The minimum absolute atomic E-state index is 0.169. The van der Waals surface area contributed by atoms with Crippen molar-refractivity contribution in [3.8, 4) is 0 Å². The number of hydrogen-bond donors (Lipinski definition) is 2. The largest absolute Gasteiger partial charge is 0.417 e. The third-order valence-corrected chi connectivity index (χ3v) is 3.82. The molecule has 2 rings (SSSR count). The number of nitrogens with two attached hydrogens (primary N) is 1. The summed E-state index contributed by atoms with van der Waals surface area (Å²) in [5.41, 5.74) is 2.91. The summed E-state index contributed by atoms with van der Waals surface area (Å²) in [6.07, 6.45) is -1.92. The first-order chi connectivity index (χ1) is 6.77. The van der Waals surface area contributed by atoms with Gasteiger partial charge in [0, 0.05) is 5.54 Å². The van der Waals surface area contributed by atoms with Crippen LogP contribution in [0.1, 0.15) is 38.5 Å². The topological polar surface area (TPSA) is 46.2 Å². The molecule has 0 bridgehead atoms. The van der Waals surface area contributed by atoms with Crippen molar-refractivity contribution in [2.24, 2.45) is 11.7 Å². The van der Waals surface area contributed by atoms with Crippen LogP contribution in [0, 0.1) is 5.92 Å². The Hall–Kier alpha value is -0.290. The molecular weight excluding hydrogens is 207 g/mol. The van der Waals surface area contributed by atoms with Crippen LogP contribution in [0.5, 0.6) is 0 Å². The van der Waals surface area contributed by atoms with Crippen molar-refractivity contribution in [1.82, 2.24) is 0 Å². The van der Waals surface area contributed by atoms with Crippen molar-refractivity contribution in [2.45, 2.75) is 55.8 Å². The molecule has 0 aromatic rings. The van der Waals surface area contributed by atoms with Gasteiger partial charge < -0.3 is 10.8 Å². The van der Waals surface area contributed by atoms with E-state index >= 15 is 0 Å². The summed E-state index contributed by atoms with van der Waals surface area (Å²) in [7, 11) is 0. The van der Waals surface area contributed by atoms with Gasteiger partial charge in [0.15, 0.2) is 5.60 Å². The first-order valence-corrected chi connectivity index (χ1v) is 5.35. The molecule has 2 fully saturated rings.